The van der Waals surface area contributed by atoms with E-state index in [0.717, 1.165) is 24.9 Å². The van der Waals surface area contributed by atoms with E-state index in [-0.39, 0.29) is 23.1 Å². The van der Waals surface area contributed by atoms with Crippen LogP contribution in [-0.4, -0.2) is 24.0 Å². The van der Waals surface area contributed by atoms with Crippen LogP contribution in [0.5, 0.6) is 0 Å². The van der Waals surface area contributed by atoms with Crippen molar-refractivity contribution in [1.82, 2.24) is 10.6 Å². The van der Waals surface area contributed by atoms with Crippen molar-refractivity contribution in [3.8, 4) is 0 Å². The van der Waals surface area contributed by atoms with Gasteiger partial charge in [-0.3, -0.25) is 4.79 Å². The molecule has 20 heavy (non-hydrogen) atoms. The van der Waals surface area contributed by atoms with Gasteiger partial charge < -0.3 is 10.6 Å². The molecule has 1 aliphatic heterocycles. The SMILES string of the molecule is Cc1ccc(F)c(C(=O)NC2CCNC3(CCC3)C2)c1. The Labute approximate surface area is 118 Å². The highest BCUT2D eigenvalue weighted by atomic mass is 19.1. The van der Waals surface area contributed by atoms with Crippen LogP contribution in [0.1, 0.15) is 48.0 Å². The standard InChI is InChI=1S/C16H21FN2O/c1-11-3-4-14(17)13(9-11)15(20)19-12-5-8-18-16(10-12)6-2-7-16/h3-4,9,12,18H,2,5-8,10H2,1H3,(H,19,20). The lowest BCUT2D eigenvalue weighted by atomic mass is 9.70. The van der Waals surface area contributed by atoms with Crippen molar-refractivity contribution < 1.29 is 9.18 Å². The van der Waals surface area contributed by atoms with E-state index in [9.17, 15) is 9.18 Å². The van der Waals surface area contributed by atoms with E-state index in [2.05, 4.69) is 10.6 Å². The van der Waals surface area contributed by atoms with Gasteiger partial charge in [0.1, 0.15) is 5.82 Å². The van der Waals surface area contributed by atoms with Crippen LogP contribution in [0.25, 0.3) is 0 Å². The Balaban J connectivity index is 1.67. The first-order chi connectivity index (χ1) is 9.58. The number of halogens is 1. The number of nitrogens with one attached hydrogen (secondary N) is 2. The fourth-order valence-electron chi connectivity index (χ4n) is 3.34. The summed E-state index contributed by atoms with van der Waals surface area (Å²) in [7, 11) is 0. The molecule has 1 saturated heterocycles. The van der Waals surface area contributed by atoms with Crippen LogP contribution >= 0.6 is 0 Å². The van der Waals surface area contributed by atoms with Crippen LogP contribution in [0.2, 0.25) is 0 Å². The minimum Gasteiger partial charge on any atom is -0.349 e. The average Bonchev–Trinajstić information content (AvgIpc) is 2.40. The highest BCUT2D eigenvalue weighted by Gasteiger charge is 2.41. The molecule has 1 aromatic rings. The zero-order valence-corrected chi connectivity index (χ0v) is 11.8. The minimum absolute atomic E-state index is 0.156. The molecule has 1 aliphatic carbocycles. The summed E-state index contributed by atoms with van der Waals surface area (Å²) in [5.74, 6) is -0.729. The largest absolute Gasteiger partial charge is 0.349 e. The predicted octanol–water partition coefficient (Wildman–Crippen LogP) is 2.54. The number of carbonyl (C=O) groups is 1. The molecule has 108 valence electrons. The Bertz CT molecular complexity index is 525. The molecular formula is C16H21FN2O. The summed E-state index contributed by atoms with van der Waals surface area (Å²) in [6.07, 6.45) is 5.53. The molecule has 3 rings (SSSR count). The van der Waals surface area contributed by atoms with Gasteiger partial charge in [0.2, 0.25) is 0 Å². The van der Waals surface area contributed by atoms with Crippen LogP contribution in [0.4, 0.5) is 4.39 Å². The van der Waals surface area contributed by atoms with E-state index in [0.29, 0.717) is 0 Å². The predicted molar refractivity (Wildman–Crippen MR) is 76.2 cm³/mol. The highest BCUT2D eigenvalue weighted by molar-refractivity contribution is 5.94. The van der Waals surface area contributed by atoms with Gasteiger partial charge in [0.15, 0.2) is 0 Å². The lowest BCUT2D eigenvalue weighted by Gasteiger charge is -2.48. The van der Waals surface area contributed by atoms with Gasteiger partial charge in [-0.25, -0.2) is 4.39 Å². The van der Waals surface area contributed by atoms with Crippen molar-refractivity contribution in [1.29, 1.82) is 0 Å². The topological polar surface area (TPSA) is 41.1 Å². The number of benzene rings is 1. The first-order valence-corrected chi connectivity index (χ1v) is 7.40. The van der Waals surface area contributed by atoms with Crippen LogP contribution in [0.15, 0.2) is 18.2 Å². The van der Waals surface area contributed by atoms with E-state index < -0.39 is 5.82 Å². The van der Waals surface area contributed by atoms with E-state index >= 15 is 0 Å². The third-order valence-electron chi connectivity index (χ3n) is 4.64. The molecule has 0 aromatic heterocycles. The minimum atomic E-state index is -0.444. The molecule has 1 unspecified atom stereocenters. The van der Waals surface area contributed by atoms with Crippen LogP contribution in [0, 0.1) is 12.7 Å². The third kappa shape index (κ3) is 2.57. The summed E-state index contributed by atoms with van der Waals surface area (Å²) in [5.41, 5.74) is 1.30. The second-order valence-electron chi connectivity index (χ2n) is 6.21. The molecule has 3 nitrogen and oxygen atoms in total. The van der Waals surface area contributed by atoms with E-state index in [1.54, 1.807) is 12.1 Å². The molecule has 1 atom stereocenters. The average molecular weight is 276 g/mol. The maximum absolute atomic E-state index is 13.7. The van der Waals surface area contributed by atoms with Gasteiger partial charge in [-0.2, -0.15) is 0 Å². The summed E-state index contributed by atoms with van der Waals surface area (Å²) >= 11 is 0. The van der Waals surface area contributed by atoms with Gasteiger partial charge in [0.05, 0.1) is 5.56 Å². The Morgan fingerprint density at radius 3 is 2.95 bits per heavy atom. The monoisotopic (exact) mass is 276 g/mol. The summed E-state index contributed by atoms with van der Waals surface area (Å²) in [6, 6.07) is 4.81. The van der Waals surface area contributed by atoms with Gasteiger partial charge in [0, 0.05) is 11.6 Å². The smallest absolute Gasteiger partial charge is 0.254 e. The van der Waals surface area contributed by atoms with Crippen molar-refractivity contribution >= 4 is 5.91 Å². The van der Waals surface area contributed by atoms with E-state index in [1.165, 1.54) is 25.3 Å². The summed E-state index contributed by atoms with van der Waals surface area (Å²) < 4.78 is 13.7. The molecule has 1 amide bonds. The zero-order chi connectivity index (χ0) is 14.2. The molecule has 0 bridgehead atoms. The normalized spacial score (nSPS) is 24.2. The van der Waals surface area contributed by atoms with Crippen molar-refractivity contribution in [3.63, 3.8) is 0 Å². The van der Waals surface area contributed by atoms with Gasteiger partial charge in [0.25, 0.3) is 5.91 Å². The molecule has 2 fully saturated rings. The summed E-state index contributed by atoms with van der Waals surface area (Å²) in [4.78, 5) is 12.2. The molecule has 2 aliphatic rings. The number of rotatable bonds is 2. The summed E-state index contributed by atoms with van der Waals surface area (Å²) in [6.45, 7) is 2.80. The molecule has 1 saturated carbocycles. The first kappa shape index (κ1) is 13.6. The third-order valence-corrected chi connectivity index (χ3v) is 4.64. The fourth-order valence-corrected chi connectivity index (χ4v) is 3.34. The van der Waals surface area contributed by atoms with Crippen molar-refractivity contribution in [2.24, 2.45) is 0 Å². The van der Waals surface area contributed by atoms with E-state index in [4.69, 9.17) is 0 Å². The molecule has 0 radical (unpaired) electrons. The lowest BCUT2D eigenvalue weighted by molar-refractivity contribution is 0.0849. The maximum Gasteiger partial charge on any atom is 0.254 e. The molecule has 1 aromatic carbocycles. The molecular weight excluding hydrogens is 255 g/mol. The molecule has 4 heteroatoms. The Morgan fingerprint density at radius 1 is 1.45 bits per heavy atom. The number of hydrogen-bond acceptors (Lipinski definition) is 2. The zero-order valence-electron chi connectivity index (χ0n) is 11.8. The fraction of sp³-hybridized carbons (Fsp3) is 0.562. The number of amides is 1. The molecule has 1 heterocycles. The lowest BCUT2D eigenvalue weighted by Crippen LogP contribution is -2.59. The Kier molecular flexibility index (Phi) is 3.50. The number of aryl methyl sites for hydroxylation is 1. The molecule has 1 spiro atoms. The number of piperidine rings is 1. The van der Waals surface area contributed by atoms with Gasteiger partial charge in [-0.1, -0.05) is 11.6 Å². The number of carbonyl (C=O) groups excluding carboxylic acids is 1. The highest BCUT2D eigenvalue weighted by Crippen LogP contribution is 2.38. The van der Waals surface area contributed by atoms with Crippen molar-refractivity contribution in [3.05, 3.63) is 35.1 Å². The second kappa shape index (κ2) is 5.17. The number of hydrogen-bond donors (Lipinski definition) is 2. The molecule has 2 N–H and O–H groups in total. The van der Waals surface area contributed by atoms with E-state index in [1.807, 2.05) is 6.92 Å². The first-order valence-electron chi connectivity index (χ1n) is 7.40. The Morgan fingerprint density at radius 2 is 2.25 bits per heavy atom. The quantitative estimate of drug-likeness (QED) is 0.871. The Hall–Kier alpha value is -1.42. The van der Waals surface area contributed by atoms with Gasteiger partial charge in [-0.15, -0.1) is 0 Å². The second-order valence-corrected chi connectivity index (χ2v) is 6.21. The summed E-state index contributed by atoms with van der Waals surface area (Å²) in [5, 5.41) is 6.58. The van der Waals surface area contributed by atoms with Crippen LogP contribution in [-0.2, 0) is 0 Å². The van der Waals surface area contributed by atoms with Crippen molar-refractivity contribution in [2.75, 3.05) is 6.54 Å². The van der Waals surface area contributed by atoms with Crippen LogP contribution < -0.4 is 10.6 Å². The maximum atomic E-state index is 13.7. The van der Waals surface area contributed by atoms with Gasteiger partial charge in [-0.05, 0) is 57.7 Å². The van der Waals surface area contributed by atoms with Crippen LogP contribution in [0.3, 0.4) is 0 Å². The van der Waals surface area contributed by atoms with Crippen molar-refractivity contribution in [2.45, 2.75) is 50.6 Å². The van der Waals surface area contributed by atoms with Gasteiger partial charge >= 0.3 is 0 Å².